The van der Waals surface area contributed by atoms with Crippen molar-refractivity contribution in [3.05, 3.63) is 114 Å². The molecular weight excluding hydrogens is 396 g/mol. The molecule has 4 heteroatoms. The molecule has 0 aliphatic carbocycles. The number of aromatic hydroxyl groups is 1. The van der Waals surface area contributed by atoms with Gasteiger partial charge in [-0.25, -0.2) is 4.98 Å². The highest BCUT2D eigenvalue weighted by Crippen LogP contribution is 2.37. The first-order valence-electron chi connectivity index (χ1n) is 10.7. The number of aromatic nitrogens is 2. The minimum absolute atomic E-state index is 0.259. The topological polar surface area (TPSA) is 55.2 Å². The first kappa shape index (κ1) is 21.6. The molecule has 162 valence electrons. The van der Waals surface area contributed by atoms with Crippen LogP contribution < -0.4 is 4.74 Å². The van der Waals surface area contributed by atoms with Gasteiger partial charge in [0, 0.05) is 28.7 Å². The number of pyridine rings is 2. The molecule has 0 aliphatic heterocycles. The molecular formula is C28H28N2O2. The van der Waals surface area contributed by atoms with Crippen LogP contribution in [0.25, 0.3) is 0 Å². The van der Waals surface area contributed by atoms with Crippen molar-refractivity contribution in [3.63, 3.8) is 0 Å². The van der Waals surface area contributed by atoms with E-state index < -0.39 is 5.41 Å². The maximum Gasteiger partial charge on any atom is 0.219 e. The Labute approximate surface area is 189 Å². The van der Waals surface area contributed by atoms with Gasteiger partial charge in [0.15, 0.2) is 0 Å². The summed E-state index contributed by atoms with van der Waals surface area (Å²) in [6.45, 7) is 8.40. The first-order valence-corrected chi connectivity index (χ1v) is 10.7. The molecule has 4 aromatic rings. The van der Waals surface area contributed by atoms with E-state index in [2.05, 4.69) is 24.9 Å². The summed E-state index contributed by atoms with van der Waals surface area (Å²) in [6.07, 6.45) is 1.82. The highest BCUT2D eigenvalue weighted by molar-refractivity contribution is 5.44. The highest BCUT2D eigenvalue weighted by atomic mass is 16.5. The van der Waals surface area contributed by atoms with Crippen molar-refractivity contribution >= 4 is 0 Å². The van der Waals surface area contributed by atoms with Crippen molar-refractivity contribution in [2.45, 2.75) is 38.5 Å². The van der Waals surface area contributed by atoms with Crippen LogP contribution in [0, 0.1) is 0 Å². The molecule has 0 unspecified atom stereocenters. The van der Waals surface area contributed by atoms with E-state index in [1.165, 1.54) is 0 Å². The predicted molar refractivity (Wildman–Crippen MR) is 127 cm³/mol. The quantitative estimate of drug-likeness (QED) is 0.378. The van der Waals surface area contributed by atoms with Crippen LogP contribution in [0.3, 0.4) is 0 Å². The van der Waals surface area contributed by atoms with Gasteiger partial charge in [0.2, 0.25) is 5.88 Å². The second-order valence-corrected chi connectivity index (χ2v) is 8.97. The van der Waals surface area contributed by atoms with Crippen molar-refractivity contribution in [1.29, 1.82) is 0 Å². The molecule has 0 spiro atoms. The standard InChI is InChI=1S/C28H28N2O2/c1-27(2,24-15-7-8-18-29-24)20-11-9-12-21(19-20)32-26-17-10-16-25(30-26)28(3,4)22-13-5-6-14-23(22)31/h5-19,31H,1-4H3. The molecule has 32 heavy (non-hydrogen) atoms. The van der Waals surface area contributed by atoms with Crippen LogP contribution in [-0.4, -0.2) is 15.1 Å². The largest absolute Gasteiger partial charge is 0.508 e. The third-order valence-electron chi connectivity index (χ3n) is 6.02. The molecule has 0 aliphatic rings. The van der Waals surface area contributed by atoms with E-state index in [-0.39, 0.29) is 11.2 Å². The highest BCUT2D eigenvalue weighted by Gasteiger charge is 2.28. The predicted octanol–water partition coefficient (Wildman–Crippen LogP) is 6.63. The zero-order valence-electron chi connectivity index (χ0n) is 18.9. The van der Waals surface area contributed by atoms with Gasteiger partial charge in [0.25, 0.3) is 0 Å². The van der Waals surface area contributed by atoms with Gasteiger partial charge in [-0.1, -0.05) is 70.2 Å². The number of hydrogen-bond donors (Lipinski definition) is 1. The average Bonchev–Trinajstić information content (AvgIpc) is 2.80. The van der Waals surface area contributed by atoms with Gasteiger partial charge in [-0.2, -0.15) is 0 Å². The van der Waals surface area contributed by atoms with Gasteiger partial charge >= 0.3 is 0 Å². The Morgan fingerprint density at radius 1 is 0.719 bits per heavy atom. The third-order valence-corrected chi connectivity index (χ3v) is 6.02. The SMILES string of the molecule is CC(C)(c1cccc(Oc2cccc(C(C)(C)c3ccccc3O)n2)c1)c1ccccn1. The molecule has 0 saturated carbocycles. The molecule has 0 fully saturated rings. The third kappa shape index (κ3) is 4.22. The summed E-state index contributed by atoms with van der Waals surface area (Å²) in [5.74, 6) is 1.49. The van der Waals surface area contributed by atoms with Gasteiger partial charge in [-0.3, -0.25) is 4.98 Å². The molecule has 2 heterocycles. The normalized spacial score (nSPS) is 11.9. The summed E-state index contributed by atoms with van der Waals surface area (Å²) in [4.78, 5) is 9.30. The van der Waals surface area contributed by atoms with Crippen molar-refractivity contribution in [2.24, 2.45) is 0 Å². The lowest BCUT2D eigenvalue weighted by atomic mass is 9.80. The monoisotopic (exact) mass is 424 g/mol. The Morgan fingerprint density at radius 3 is 2.19 bits per heavy atom. The van der Waals surface area contributed by atoms with E-state index in [4.69, 9.17) is 9.72 Å². The molecule has 0 radical (unpaired) electrons. The minimum Gasteiger partial charge on any atom is -0.508 e. The Bertz CT molecular complexity index is 1220. The molecule has 0 bridgehead atoms. The number of ether oxygens (including phenoxy) is 1. The number of phenols is 1. The summed E-state index contributed by atoms with van der Waals surface area (Å²) in [6, 6.07) is 27.1. The van der Waals surface area contributed by atoms with Crippen molar-refractivity contribution in [1.82, 2.24) is 9.97 Å². The summed E-state index contributed by atoms with van der Waals surface area (Å²) >= 11 is 0. The van der Waals surface area contributed by atoms with E-state index in [1.54, 1.807) is 6.07 Å². The smallest absolute Gasteiger partial charge is 0.219 e. The lowest BCUT2D eigenvalue weighted by Gasteiger charge is -2.26. The second-order valence-electron chi connectivity index (χ2n) is 8.97. The number of para-hydroxylation sites is 1. The molecule has 0 amide bonds. The number of rotatable bonds is 6. The summed E-state index contributed by atoms with van der Waals surface area (Å²) in [5.41, 5.74) is 3.02. The van der Waals surface area contributed by atoms with E-state index in [0.29, 0.717) is 5.88 Å². The van der Waals surface area contributed by atoms with Crippen LogP contribution in [0.15, 0.2) is 91.1 Å². The molecule has 2 aromatic carbocycles. The van der Waals surface area contributed by atoms with Crippen molar-refractivity contribution in [2.75, 3.05) is 0 Å². The zero-order chi connectivity index (χ0) is 22.8. The van der Waals surface area contributed by atoms with Crippen LogP contribution in [-0.2, 0) is 10.8 Å². The van der Waals surface area contributed by atoms with Crippen LogP contribution in [0.1, 0.15) is 50.2 Å². The Morgan fingerprint density at radius 2 is 1.44 bits per heavy atom. The number of nitrogens with zero attached hydrogens (tertiary/aromatic N) is 2. The maximum absolute atomic E-state index is 10.3. The van der Waals surface area contributed by atoms with E-state index in [9.17, 15) is 5.11 Å². The lowest BCUT2D eigenvalue weighted by Crippen LogP contribution is -2.21. The van der Waals surface area contributed by atoms with Crippen molar-refractivity contribution < 1.29 is 9.84 Å². The van der Waals surface area contributed by atoms with E-state index in [0.717, 1.165) is 28.3 Å². The van der Waals surface area contributed by atoms with Crippen LogP contribution in [0.4, 0.5) is 0 Å². The molecule has 4 rings (SSSR count). The Hall–Kier alpha value is -3.66. The molecule has 1 N–H and O–H groups in total. The minimum atomic E-state index is -0.479. The molecule has 2 aromatic heterocycles. The first-order chi connectivity index (χ1) is 15.3. The summed E-state index contributed by atoms with van der Waals surface area (Å²) < 4.78 is 6.16. The average molecular weight is 425 g/mol. The maximum atomic E-state index is 10.3. The van der Waals surface area contributed by atoms with Gasteiger partial charge in [0.1, 0.15) is 11.5 Å². The van der Waals surface area contributed by atoms with Crippen LogP contribution >= 0.6 is 0 Å². The number of hydrogen-bond acceptors (Lipinski definition) is 4. The Kier molecular flexibility index (Phi) is 5.70. The molecule has 0 atom stereocenters. The Balaban J connectivity index is 1.63. The van der Waals surface area contributed by atoms with E-state index in [1.807, 2.05) is 92.8 Å². The molecule has 4 nitrogen and oxygen atoms in total. The van der Waals surface area contributed by atoms with E-state index >= 15 is 0 Å². The fourth-order valence-corrected chi connectivity index (χ4v) is 3.91. The van der Waals surface area contributed by atoms with Crippen molar-refractivity contribution in [3.8, 4) is 17.4 Å². The van der Waals surface area contributed by atoms with Gasteiger partial charge in [-0.05, 0) is 42.0 Å². The second kappa shape index (κ2) is 8.46. The fourth-order valence-electron chi connectivity index (χ4n) is 3.91. The lowest BCUT2D eigenvalue weighted by molar-refractivity contribution is 0.440. The fraction of sp³-hybridized carbons (Fsp3) is 0.214. The number of phenolic OH excluding ortho intramolecular Hbond substituents is 1. The van der Waals surface area contributed by atoms with Crippen LogP contribution in [0.2, 0.25) is 0 Å². The van der Waals surface area contributed by atoms with Gasteiger partial charge in [-0.15, -0.1) is 0 Å². The van der Waals surface area contributed by atoms with Gasteiger partial charge in [0.05, 0.1) is 11.4 Å². The number of benzene rings is 2. The summed E-state index contributed by atoms with van der Waals surface area (Å²) in [5, 5.41) is 10.3. The summed E-state index contributed by atoms with van der Waals surface area (Å²) in [7, 11) is 0. The molecule has 0 saturated heterocycles. The zero-order valence-corrected chi connectivity index (χ0v) is 18.9. The van der Waals surface area contributed by atoms with Crippen LogP contribution in [0.5, 0.6) is 17.4 Å². The van der Waals surface area contributed by atoms with Gasteiger partial charge < -0.3 is 9.84 Å².